The average molecular weight is 424 g/mol. The molecule has 0 spiro atoms. The van der Waals surface area contributed by atoms with E-state index in [1.807, 2.05) is 35.7 Å². The lowest BCUT2D eigenvalue weighted by atomic mass is 9.95. The van der Waals surface area contributed by atoms with E-state index in [-0.39, 0.29) is 23.6 Å². The van der Waals surface area contributed by atoms with Gasteiger partial charge in [-0.1, -0.05) is 6.07 Å². The number of fused-ring (bicyclic) bond motifs is 1. The van der Waals surface area contributed by atoms with Gasteiger partial charge < -0.3 is 10.1 Å². The summed E-state index contributed by atoms with van der Waals surface area (Å²) in [4.78, 5) is 25.5. The zero-order valence-electron chi connectivity index (χ0n) is 17.4. The van der Waals surface area contributed by atoms with Crippen molar-refractivity contribution >= 4 is 22.9 Å². The standard InChI is InChI=1S/C21H24N6O4/c1-14(21(28)22-17-13-16(27(29)30)6-7-18(17)31-2)25-11-8-15(9-12-25)20-24-23-19-5-3-4-10-26(19)20/h3-7,10,13-15H,8-9,11-12H2,1-2H3,(H,22,28). The molecule has 1 aliphatic heterocycles. The largest absolute Gasteiger partial charge is 0.495 e. The number of non-ortho nitro benzene ring substituents is 1. The molecule has 1 unspecified atom stereocenters. The third-order valence-electron chi connectivity index (χ3n) is 5.81. The van der Waals surface area contributed by atoms with Crippen molar-refractivity contribution in [2.75, 3.05) is 25.5 Å². The number of ether oxygens (including phenoxy) is 1. The third-order valence-corrected chi connectivity index (χ3v) is 5.81. The van der Waals surface area contributed by atoms with Crippen LogP contribution in [-0.2, 0) is 4.79 Å². The van der Waals surface area contributed by atoms with Gasteiger partial charge in [-0.15, -0.1) is 10.2 Å². The molecule has 1 fully saturated rings. The number of nitro benzene ring substituents is 1. The van der Waals surface area contributed by atoms with Crippen LogP contribution in [0.1, 0.15) is 31.5 Å². The number of pyridine rings is 1. The fraction of sp³-hybridized carbons (Fsp3) is 0.381. The summed E-state index contributed by atoms with van der Waals surface area (Å²) in [6.07, 6.45) is 3.71. The van der Waals surface area contributed by atoms with Gasteiger partial charge in [0.05, 0.1) is 23.8 Å². The lowest BCUT2D eigenvalue weighted by Crippen LogP contribution is -2.46. The molecule has 1 saturated heterocycles. The predicted molar refractivity (Wildman–Crippen MR) is 114 cm³/mol. The van der Waals surface area contributed by atoms with Crippen molar-refractivity contribution in [3.05, 3.63) is 58.5 Å². The topological polar surface area (TPSA) is 115 Å². The Kier molecular flexibility index (Phi) is 5.81. The maximum absolute atomic E-state index is 12.8. The minimum atomic E-state index is -0.502. The fourth-order valence-electron chi connectivity index (χ4n) is 3.99. The molecule has 31 heavy (non-hydrogen) atoms. The molecule has 10 nitrogen and oxygen atoms in total. The monoisotopic (exact) mass is 424 g/mol. The third kappa shape index (κ3) is 4.19. The molecule has 4 rings (SSSR count). The molecule has 162 valence electrons. The Morgan fingerprint density at radius 2 is 2.03 bits per heavy atom. The number of nitrogens with zero attached hydrogens (tertiary/aromatic N) is 5. The molecule has 0 bridgehead atoms. The second-order valence-electron chi connectivity index (χ2n) is 7.60. The average Bonchev–Trinajstić information content (AvgIpc) is 3.22. The first kappa shape index (κ1) is 20.7. The number of piperidine rings is 1. The van der Waals surface area contributed by atoms with Crippen molar-refractivity contribution in [3.63, 3.8) is 0 Å². The molecule has 1 N–H and O–H groups in total. The first-order valence-electron chi connectivity index (χ1n) is 10.1. The summed E-state index contributed by atoms with van der Waals surface area (Å²) < 4.78 is 7.25. The predicted octanol–water partition coefficient (Wildman–Crippen LogP) is 2.85. The minimum absolute atomic E-state index is 0.106. The second-order valence-corrected chi connectivity index (χ2v) is 7.60. The lowest BCUT2D eigenvalue weighted by molar-refractivity contribution is -0.384. The Morgan fingerprint density at radius 1 is 1.26 bits per heavy atom. The highest BCUT2D eigenvalue weighted by Crippen LogP contribution is 2.30. The smallest absolute Gasteiger partial charge is 0.271 e. The zero-order valence-corrected chi connectivity index (χ0v) is 17.4. The molecule has 10 heteroatoms. The molecule has 1 atom stereocenters. The van der Waals surface area contributed by atoms with Crippen LogP contribution in [-0.4, -0.2) is 56.6 Å². The summed E-state index contributed by atoms with van der Waals surface area (Å²) in [5.41, 5.74) is 1.02. The highest BCUT2D eigenvalue weighted by atomic mass is 16.6. The number of methoxy groups -OCH3 is 1. The van der Waals surface area contributed by atoms with Crippen LogP contribution in [0.4, 0.5) is 11.4 Å². The van der Waals surface area contributed by atoms with Gasteiger partial charge in [0.1, 0.15) is 11.6 Å². The van der Waals surface area contributed by atoms with E-state index < -0.39 is 4.92 Å². The van der Waals surface area contributed by atoms with Crippen LogP contribution >= 0.6 is 0 Å². The van der Waals surface area contributed by atoms with Crippen molar-refractivity contribution in [1.29, 1.82) is 0 Å². The Bertz CT molecular complexity index is 1110. The number of benzene rings is 1. The zero-order chi connectivity index (χ0) is 22.0. The Labute approximate surface area is 179 Å². The number of hydrogen-bond acceptors (Lipinski definition) is 7. The molecule has 1 amide bonds. The number of rotatable bonds is 6. The second kappa shape index (κ2) is 8.68. The summed E-state index contributed by atoms with van der Waals surface area (Å²) in [7, 11) is 1.46. The van der Waals surface area contributed by atoms with Crippen molar-refractivity contribution < 1.29 is 14.5 Å². The van der Waals surface area contributed by atoms with Crippen molar-refractivity contribution in [3.8, 4) is 5.75 Å². The van der Waals surface area contributed by atoms with Gasteiger partial charge in [-0.2, -0.15) is 0 Å². The molecule has 0 saturated carbocycles. The summed E-state index contributed by atoms with van der Waals surface area (Å²) in [5, 5.41) is 22.4. The van der Waals surface area contributed by atoms with E-state index >= 15 is 0 Å². The van der Waals surface area contributed by atoms with E-state index in [1.54, 1.807) is 0 Å². The lowest BCUT2D eigenvalue weighted by Gasteiger charge is -2.34. The molecule has 1 aromatic carbocycles. The summed E-state index contributed by atoms with van der Waals surface area (Å²) >= 11 is 0. The van der Waals surface area contributed by atoms with Gasteiger partial charge in [0.15, 0.2) is 5.65 Å². The van der Waals surface area contributed by atoms with Crippen LogP contribution in [0.25, 0.3) is 5.65 Å². The van der Waals surface area contributed by atoms with E-state index in [2.05, 4.69) is 20.4 Å². The Hall–Kier alpha value is -3.53. The van der Waals surface area contributed by atoms with Crippen LogP contribution in [0, 0.1) is 10.1 Å². The normalized spacial score (nSPS) is 16.2. The van der Waals surface area contributed by atoms with Gasteiger partial charge in [0.2, 0.25) is 5.91 Å². The van der Waals surface area contributed by atoms with E-state index in [9.17, 15) is 14.9 Å². The Balaban J connectivity index is 1.41. The van der Waals surface area contributed by atoms with Crippen molar-refractivity contribution in [2.45, 2.75) is 31.7 Å². The molecular formula is C21H24N6O4. The van der Waals surface area contributed by atoms with Gasteiger partial charge in [0.25, 0.3) is 5.69 Å². The summed E-state index contributed by atoms with van der Waals surface area (Å²) in [6.45, 7) is 3.33. The molecule has 1 aliphatic rings. The number of aromatic nitrogens is 3. The number of hydrogen-bond donors (Lipinski definition) is 1. The minimum Gasteiger partial charge on any atom is -0.495 e. The number of carbonyl (C=O) groups is 1. The number of carbonyl (C=O) groups excluding carboxylic acids is 1. The molecule has 3 heterocycles. The van der Waals surface area contributed by atoms with Gasteiger partial charge in [-0.3, -0.25) is 24.2 Å². The van der Waals surface area contributed by atoms with Gasteiger partial charge in [0, 0.05) is 24.2 Å². The number of nitro groups is 1. The van der Waals surface area contributed by atoms with Gasteiger partial charge in [-0.05, 0) is 51.1 Å². The highest BCUT2D eigenvalue weighted by molar-refractivity contribution is 5.96. The van der Waals surface area contributed by atoms with E-state index in [0.29, 0.717) is 11.4 Å². The van der Waals surface area contributed by atoms with Crippen molar-refractivity contribution in [1.82, 2.24) is 19.5 Å². The van der Waals surface area contributed by atoms with Gasteiger partial charge >= 0.3 is 0 Å². The summed E-state index contributed by atoms with van der Waals surface area (Å²) in [6, 6.07) is 9.58. The van der Waals surface area contributed by atoms with Crippen LogP contribution in [0.15, 0.2) is 42.6 Å². The number of nitrogens with one attached hydrogen (secondary N) is 1. The highest BCUT2D eigenvalue weighted by Gasteiger charge is 2.30. The SMILES string of the molecule is COc1ccc([N+](=O)[O-])cc1NC(=O)C(C)N1CCC(c2nnc3ccccn23)CC1. The van der Waals surface area contributed by atoms with Crippen LogP contribution in [0.3, 0.4) is 0 Å². The molecule has 2 aromatic heterocycles. The first-order chi connectivity index (χ1) is 15.0. The van der Waals surface area contributed by atoms with Crippen molar-refractivity contribution in [2.24, 2.45) is 0 Å². The van der Waals surface area contributed by atoms with Crippen LogP contribution in [0.5, 0.6) is 5.75 Å². The molecular weight excluding hydrogens is 400 g/mol. The van der Waals surface area contributed by atoms with Crippen LogP contribution in [0.2, 0.25) is 0 Å². The van der Waals surface area contributed by atoms with E-state index in [1.165, 1.54) is 25.3 Å². The first-order valence-corrected chi connectivity index (χ1v) is 10.1. The van der Waals surface area contributed by atoms with Gasteiger partial charge in [-0.25, -0.2) is 0 Å². The maximum Gasteiger partial charge on any atom is 0.271 e. The van der Waals surface area contributed by atoms with Crippen LogP contribution < -0.4 is 10.1 Å². The maximum atomic E-state index is 12.8. The molecule has 0 radical (unpaired) electrons. The summed E-state index contributed by atoms with van der Waals surface area (Å²) in [5.74, 6) is 1.38. The number of amides is 1. The number of anilines is 1. The molecule has 0 aliphatic carbocycles. The quantitative estimate of drug-likeness (QED) is 0.478. The Morgan fingerprint density at radius 3 is 2.74 bits per heavy atom. The van der Waals surface area contributed by atoms with E-state index in [0.717, 1.165) is 37.4 Å². The van der Waals surface area contributed by atoms with E-state index in [4.69, 9.17) is 4.74 Å². The molecule has 3 aromatic rings. The number of likely N-dealkylation sites (tertiary alicyclic amines) is 1. The fourth-order valence-corrected chi connectivity index (χ4v) is 3.99.